The van der Waals surface area contributed by atoms with Gasteiger partial charge >= 0.3 is 0 Å². The molecule has 744 valence electrons. The zero-order chi connectivity index (χ0) is 103. The molecule has 4 fully saturated rings. The summed E-state index contributed by atoms with van der Waals surface area (Å²) in [7, 11) is 7.83. The van der Waals surface area contributed by atoms with Crippen molar-refractivity contribution >= 4 is 116 Å². The van der Waals surface area contributed by atoms with Crippen molar-refractivity contribution in [1.29, 1.82) is 0 Å². The number of carbonyl (C=O) groups is 8. The molecule has 4 aromatic carbocycles. The second-order valence-corrected chi connectivity index (χ2v) is 35.5. The molecule has 147 heavy (non-hydrogen) atoms. The molecule has 39 heteroatoms. The Balaban J connectivity index is 0.000000134. The van der Waals surface area contributed by atoms with Crippen LogP contribution >= 0.6 is 0 Å². The molecule has 0 spiro atoms. The van der Waals surface area contributed by atoms with Crippen molar-refractivity contribution in [3.63, 3.8) is 0 Å². The minimum Gasteiger partial charge on any atom is -0.382 e. The number of likely N-dealkylation sites (N-methyl/N-ethyl adjacent to an activating group) is 2. The van der Waals surface area contributed by atoms with Gasteiger partial charge in [-0.1, -0.05) is 91.4 Å². The summed E-state index contributed by atoms with van der Waals surface area (Å²) in [6.45, 7) is 9.24. The summed E-state index contributed by atoms with van der Waals surface area (Å²) >= 11 is 0. The van der Waals surface area contributed by atoms with E-state index in [1.807, 2.05) is 132 Å². The molecule has 12 N–H and O–H groups in total. The third-order valence-electron chi connectivity index (χ3n) is 25.2. The van der Waals surface area contributed by atoms with Crippen LogP contribution in [0.4, 0.5) is 50.9 Å². The third-order valence-corrected chi connectivity index (χ3v) is 25.2. The molecule has 16 aromatic rings. The molecule has 0 unspecified atom stereocenters. The van der Waals surface area contributed by atoms with Crippen LogP contribution in [0.2, 0.25) is 0 Å². The normalized spacial score (nSPS) is 15.4. The summed E-state index contributed by atoms with van der Waals surface area (Å²) in [5.74, 6) is 9.05. The lowest BCUT2D eigenvalue weighted by atomic mass is 10.0. The number of hydrogen-bond acceptors (Lipinski definition) is 26. The molecule has 0 radical (unpaired) electrons. The van der Waals surface area contributed by atoms with Crippen LogP contribution in [-0.2, 0) is 19.2 Å². The van der Waals surface area contributed by atoms with E-state index >= 15 is 0 Å². The van der Waals surface area contributed by atoms with Crippen molar-refractivity contribution in [3.05, 3.63) is 326 Å². The predicted molar refractivity (Wildman–Crippen MR) is 558 cm³/mol. The summed E-state index contributed by atoms with van der Waals surface area (Å²) in [6, 6.07) is 45.8. The lowest BCUT2D eigenvalue weighted by molar-refractivity contribution is -0.130. The van der Waals surface area contributed by atoms with Crippen molar-refractivity contribution < 1.29 is 42.7 Å². The maximum Gasteiger partial charge on any atom is 0.299 e. The van der Waals surface area contributed by atoms with Gasteiger partial charge in [-0.15, -0.1) is 0 Å². The van der Waals surface area contributed by atoms with Gasteiger partial charge in [-0.25, -0.2) is 64.2 Å². The van der Waals surface area contributed by atoms with Gasteiger partial charge < -0.3 is 73.6 Å². The van der Waals surface area contributed by atoms with Gasteiger partial charge in [0.25, 0.3) is 29.5 Å². The molecule has 0 saturated carbocycles. The highest BCUT2D eigenvalue weighted by atomic mass is 19.1. The van der Waals surface area contributed by atoms with Gasteiger partial charge in [-0.2, -0.15) is 0 Å². The van der Waals surface area contributed by atoms with Gasteiger partial charge in [-0.3, -0.25) is 56.0 Å². The number of amides is 8. The highest BCUT2D eigenvalue weighted by Crippen LogP contribution is 2.43. The van der Waals surface area contributed by atoms with Crippen LogP contribution in [-0.4, -0.2) is 222 Å². The number of likely N-dealkylation sites (tertiary alicyclic amines) is 4. The molecule has 38 nitrogen and oxygen atoms in total. The number of nitrogens with one attached hydrogen (secondary N) is 4. The van der Waals surface area contributed by atoms with Gasteiger partial charge in [0, 0.05) is 176 Å². The molecule has 8 amide bonds. The van der Waals surface area contributed by atoms with E-state index in [0.29, 0.717) is 159 Å². The van der Waals surface area contributed by atoms with E-state index in [0.717, 1.165) is 97.8 Å². The van der Waals surface area contributed by atoms with Crippen molar-refractivity contribution in [2.24, 2.45) is 0 Å². The fourth-order valence-corrected chi connectivity index (χ4v) is 18.3. The van der Waals surface area contributed by atoms with E-state index in [1.54, 1.807) is 194 Å². The minimum atomic E-state index is -0.489. The predicted octanol–water partition coefficient (Wildman–Crippen LogP) is 14.1. The smallest absolute Gasteiger partial charge is 0.299 e. The highest BCUT2D eigenvalue weighted by Gasteiger charge is 2.39. The quantitative estimate of drug-likeness (QED) is 0.0218. The van der Waals surface area contributed by atoms with Crippen LogP contribution in [0.1, 0.15) is 154 Å². The second-order valence-electron chi connectivity index (χ2n) is 35.5. The number of pyridine rings is 4. The maximum absolute atomic E-state index is 13.5. The summed E-state index contributed by atoms with van der Waals surface area (Å²) in [4.78, 5) is 166. The zero-order valence-electron chi connectivity index (χ0n) is 81.3. The Morgan fingerprint density at radius 2 is 0.673 bits per heavy atom. The van der Waals surface area contributed by atoms with Gasteiger partial charge in [0.05, 0.1) is 24.2 Å². The first-order chi connectivity index (χ1) is 71.4. The topological polar surface area (TPSA) is 481 Å². The SMILES string of the molecule is C=CC(=O)N1CCC[C@H]1c1nc(-c2ccc(C(=O)Nc3ccccn3)cc2)c2c(N)nccn12.CC#CC(=O)N1CCC[C@H]1c1nc(-c2ccc(C(=O)Nc3ccccn3)cc2)c2c(N)nccn12.CN(C)C/C=C/C(=O)N1CCCC[C@H]1c1nc(-c2ccc(C(=O)Nc3cc(F)ccn3)cc2)c2c(N)nccn12.CN(C)C/C=C/C(=O)N1CCC[C@H]1c1nc(-c2ccc(C(=O)Nc3ccccn3)cc2)c2c(N)nccn12. The molecule has 4 aliphatic heterocycles. The number of anilines is 8. The first kappa shape index (κ1) is 100. The van der Waals surface area contributed by atoms with Crippen molar-refractivity contribution in [3.8, 4) is 56.9 Å². The Morgan fingerprint density at radius 3 is 0.980 bits per heavy atom. The fraction of sp³-hybridized carbons (Fsp3) is 0.222. The molecule has 4 saturated heterocycles. The number of rotatable bonds is 23. The second kappa shape index (κ2) is 45.6. The number of aromatic nitrogens is 16. The first-order valence-corrected chi connectivity index (χ1v) is 47.8. The monoisotopic (exact) mass is 1970 g/mol. The average Bonchev–Trinajstić information content (AvgIpc) is 1.61. The van der Waals surface area contributed by atoms with Crippen LogP contribution in [0.25, 0.3) is 67.1 Å². The van der Waals surface area contributed by atoms with Gasteiger partial charge in [0.2, 0.25) is 17.7 Å². The number of hydrogen-bond donors (Lipinski definition) is 8. The largest absolute Gasteiger partial charge is 0.382 e. The standard InChI is InChI=1S/C29H31FN8O2.C28H30N8O2.C26H23N7O2.C25H23N7O2/c1-36(2)15-5-7-24(39)37-16-4-3-6-22(37)28-35-25(26-27(31)33-14-17-38(26)28)19-8-10-20(11-9-19)29(40)34-23-18-21(30)12-13-32-23;1-34(2)16-6-9-23(37)35-17-5-7-21(35)27-33-24(25-26(29)31-15-18-36(25)27)19-10-12-20(13-11-19)28(38)32-22-8-3-4-14-30-22;1-2-6-21(34)32-15-5-7-19(32)25-31-22(23-24(27)29-14-16-33(23)25)17-9-11-18(12-10-17)26(35)30-20-8-3-4-13-28-20;1-2-20(33)31-14-5-6-18(31)24-30-21(22-23(26)28-13-15-32(22)24)16-8-10-17(11-9-16)25(34)29-19-7-3-4-12-27-19/h5,7-14,17-18,22H,3-4,6,15-16H2,1-2H3,(H2,31,33)(H,32,34,40);3-4,6,8-15,18,21H,5,7,16-17H2,1-2H3,(H2,29,31)(H,30,32,38);3-4,8-14,16,19H,5,7,15H2,1H3,(H2,27,29)(H,28,30,35);2-4,7-13,15,18H,1,5-6,14H2,(H2,26,28)(H,27,29,34)/b7-5+;9-6+;;/t22-;21-;19-;18-/m0000/s1. The van der Waals surface area contributed by atoms with Gasteiger partial charge in [0.15, 0.2) is 0 Å². The fourth-order valence-electron chi connectivity index (χ4n) is 18.3. The van der Waals surface area contributed by atoms with Gasteiger partial charge in [-0.05, 0) is 196 Å². The van der Waals surface area contributed by atoms with Gasteiger partial charge in [0.1, 0.15) is 121 Å². The molecule has 4 aliphatic rings. The molecule has 16 heterocycles. The van der Waals surface area contributed by atoms with Crippen LogP contribution in [0.3, 0.4) is 0 Å². The average molecular weight is 1970 g/mol. The number of carbonyl (C=O) groups excluding carboxylic acids is 8. The number of nitrogen functional groups attached to an aromatic ring is 4. The van der Waals surface area contributed by atoms with E-state index < -0.39 is 11.7 Å². The van der Waals surface area contributed by atoms with Crippen LogP contribution < -0.4 is 44.2 Å². The minimum absolute atomic E-state index is 0.0297. The van der Waals surface area contributed by atoms with Crippen molar-refractivity contribution in [2.75, 3.05) is 112 Å². The molecular weight excluding hydrogens is 1860 g/mol. The molecule has 4 atom stereocenters. The lowest BCUT2D eigenvalue weighted by Crippen LogP contribution is -2.38. The maximum atomic E-state index is 13.5. The summed E-state index contributed by atoms with van der Waals surface area (Å²) < 4.78 is 21.1. The molecular formula is C108H107FN30O8. The van der Waals surface area contributed by atoms with E-state index in [4.69, 9.17) is 42.9 Å². The number of halogens is 1. The number of fused-ring (bicyclic) bond motifs is 4. The lowest BCUT2D eigenvalue weighted by Gasteiger charge is -2.34. The molecule has 12 aromatic heterocycles. The van der Waals surface area contributed by atoms with E-state index in [-0.39, 0.29) is 71.3 Å². The first-order valence-electron chi connectivity index (χ1n) is 47.8. The molecule has 0 aliphatic carbocycles. The summed E-state index contributed by atoms with van der Waals surface area (Å²) in [6.07, 6.45) is 36.0. The Bertz CT molecular complexity index is 7700. The Hall–Kier alpha value is -18.4. The number of benzene rings is 4. The Kier molecular flexibility index (Phi) is 31.1. The Morgan fingerprint density at radius 1 is 0.374 bits per heavy atom. The van der Waals surface area contributed by atoms with Crippen LogP contribution in [0.15, 0.2) is 275 Å². The number of piperidine rings is 1. The van der Waals surface area contributed by atoms with Crippen molar-refractivity contribution in [1.82, 2.24) is 107 Å². The van der Waals surface area contributed by atoms with Crippen LogP contribution in [0, 0.1) is 17.7 Å². The summed E-state index contributed by atoms with van der Waals surface area (Å²) in [5, 5.41) is 10.9. The number of imidazole rings is 4. The summed E-state index contributed by atoms with van der Waals surface area (Å²) in [5.41, 5.74) is 35.3. The molecule has 20 rings (SSSR count). The number of nitrogens with zero attached hydrogens (tertiary/aromatic N) is 22. The highest BCUT2D eigenvalue weighted by molar-refractivity contribution is 6.07. The van der Waals surface area contributed by atoms with E-state index in [1.165, 1.54) is 18.3 Å². The van der Waals surface area contributed by atoms with Crippen LogP contribution in [0.5, 0.6) is 0 Å². The van der Waals surface area contributed by atoms with E-state index in [2.05, 4.69) is 79.6 Å². The Labute approximate surface area is 844 Å². The molecule has 0 bridgehead atoms. The zero-order valence-corrected chi connectivity index (χ0v) is 81.3. The number of nitrogens with two attached hydrogens (primary N) is 4. The van der Waals surface area contributed by atoms with Crippen molar-refractivity contribution in [2.45, 2.75) is 88.9 Å². The third kappa shape index (κ3) is 22.7. The van der Waals surface area contributed by atoms with E-state index in [9.17, 15) is 42.7 Å².